The third-order valence-electron chi connectivity index (χ3n) is 5.77. The number of aromatic nitrogens is 1. The zero-order valence-electron chi connectivity index (χ0n) is 20.3. The van der Waals surface area contributed by atoms with Crippen LogP contribution in [-0.4, -0.2) is 76.0 Å². The van der Waals surface area contributed by atoms with Gasteiger partial charge in [-0.3, -0.25) is 14.6 Å². The molecule has 0 unspecified atom stereocenters. The molecular formula is C25H32ClN3O5S. The standard InChI is InChI=1S/C25H31N3O5S.ClH/c1-18-5-7-19(8-6-18)33-17-22(29)28(12-4-11-27-13-15-32-16-14-27)25-26-23-20(30-2)9-10-21(31-3)24(23)34-25;/h5-10H,4,11-17H2,1-3H3;1H. The summed E-state index contributed by atoms with van der Waals surface area (Å²) in [6, 6.07) is 11.4. The first-order valence-electron chi connectivity index (χ1n) is 11.4. The fourth-order valence-electron chi connectivity index (χ4n) is 3.85. The number of benzene rings is 2. The van der Waals surface area contributed by atoms with E-state index in [1.165, 1.54) is 11.3 Å². The Bertz CT molecular complexity index is 1060. The SMILES string of the molecule is COc1ccc(OC)c2sc(N(CCCN3CCOCC3)C(=O)COc3ccc(C)cc3)nc12.Cl. The van der Waals surface area contributed by atoms with Gasteiger partial charge < -0.3 is 18.9 Å². The number of hydrogen-bond donors (Lipinski definition) is 0. The lowest BCUT2D eigenvalue weighted by atomic mass is 10.2. The number of carbonyl (C=O) groups is 1. The van der Waals surface area contributed by atoms with Crippen LogP contribution in [0.2, 0.25) is 0 Å². The van der Waals surface area contributed by atoms with E-state index in [0.29, 0.717) is 34.4 Å². The van der Waals surface area contributed by atoms with Gasteiger partial charge in [0.15, 0.2) is 11.7 Å². The molecule has 0 spiro atoms. The highest BCUT2D eigenvalue weighted by atomic mass is 35.5. The van der Waals surface area contributed by atoms with Gasteiger partial charge in [-0.05, 0) is 37.6 Å². The third-order valence-corrected chi connectivity index (χ3v) is 6.87. The van der Waals surface area contributed by atoms with Crippen LogP contribution in [0.25, 0.3) is 10.2 Å². The fraction of sp³-hybridized carbons (Fsp3) is 0.440. The number of thiazole rings is 1. The van der Waals surface area contributed by atoms with Crippen molar-refractivity contribution in [1.29, 1.82) is 0 Å². The number of anilines is 1. The Morgan fingerprint density at radius 1 is 1.09 bits per heavy atom. The molecule has 1 aliphatic heterocycles. The molecule has 0 atom stereocenters. The van der Waals surface area contributed by atoms with Gasteiger partial charge in [-0.25, -0.2) is 4.98 Å². The molecule has 2 aromatic carbocycles. The Balaban J connectivity index is 0.00000342. The van der Waals surface area contributed by atoms with Crippen molar-refractivity contribution in [2.45, 2.75) is 13.3 Å². The summed E-state index contributed by atoms with van der Waals surface area (Å²) >= 11 is 1.42. The maximum atomic E-state index is 13.3. The minimum Gasteiger partial charge on any atom is -0.495 e. The molecule has 0 aliphatic carbocycles. The highest BCUT2D eigenvalue weighted by Gasteiger charge is 2.23. The minimum absolute atomic E-state index is 0. The molecule has 1 amide bonds. The summed E-state index contributed by atoms with van der Waals surface area (Å²) in [5, 5.41) is 0.609. The van der Waals surface area contributed by atoms with Gasteiger partial charge in [0.1, 0.15) is 27.5 Å². The first-order valence-corrected chi connectivity index (χ1v) is 12.2. The lowest BCUT2D eigenvalue weighted by Gasteiger charge is -2.27. The summed E-state index contributed by atoms with van der Waals surface area (Å²) in [7, 11) is 3.24. The van der Waals surface area contributed by atoms with Crippen LogP contribution in [0.5, 0.6) is 17.2 Å². The molecule has 8 nitrogen and oxygen atoms in total. The van der Waals surface area contributed by atoms with Crippen LogP contribution >= 0.6 is 23.7 Å². The van der Waals surface area contributed by atoms with Gasteiger partial charge in [0, 0.05) is 26.2 Å². The van der Waals surface area contributed by atoms with Crippen molar-refractivity contribution >= 4 is 45.0 Å². The summed E-state index contributed by atoms with van der Waals surface area (Å²) in [5.74, 6) is 1.88. The number of aryl methyl sites for hydroxylation is 1. The number of fused-ring (bicyclic) bond motifs is 1. The second-order valence-electron chi connectivity index (χ2n) is 8.10. The molecule has 1 fully saturated rings. The van der Waals surface area contributed by atoms with Crippen molar-refractivity contribution < 1.29 is 23.7 Å². The molecule has 3 aromatic rings. The van der Waals surface area contributed by atoms with E-state index in [1.54, 1.807) is 19.1 Å². The van der Waals surface area contributed by atoms with Crippen molar-refractivity contribution in [1.82, 2.24) is 9.88 Å². The zero-order chi connectivity index (χ0) is 23.9. The molecule has 1 aliphatic rings. The molecule has 0 saturated carbocycles. The number of morpholine rings is 1. The van der Waals surface area contributed by atoms with Gasteiger partial charge in [0.05, 0.1) is 27.4 Å². The largest absolute Gasteiger partial charge is 0.495 e. The fourth-order valence-corrected chi connectivity index (χ4v) is 4.97. The quantitative estimate of drug-likeness (QED) is 0.396. The lowest BCUT2D eigenvalue weighted by Crippen LogP contribution is -2.40. The number of rotatable bonds is 10. The van der Waals surface area contributed by atoms with Crippen LogP contribution in [0.15, 0.2) is 36.4 Å². The second kappa shape index (κ2) is 12.9. The van der Waals surface area contributed by atoms with Gasteiger partial charge in [0.2, 0.25) is 0 Å². The van der Waals surface area contributed by atoms with E-state index in [1.807, 2.05) is 43.3 Å². The van der Waals surface area contributed by atoms with E-state index in [-0.39, 0.29) is 24.9 Å². The van der Waals surface area contributed by atoms with Crippen molar-refractivity contribution in [3.63, 3.8) is 0 Å². The number of amides is 1. The maximum Gasteiger partial charge on any atom is 0.266 e. The first-order chi connectivity index (χ1) is 16.6. The number of nitrogens with zero attached hydrogens (tertiary/aromatic N) is 3. The van der Waals surface area contributed by atoms with Gasteiger partial charge >= 0.3 is 0 Å². The highest BCUT2D eigenvalue weighted by molar-refractivity contribution is 7.22. The van der Waals surface area contributed by atoms with Crippen LogP contribution < -0.4 is 19.1 Å². The van der Waals surface area contributed by atoms with E-state index in [9.17, 15) is 4.79 Å². The van der Waals surface area contributed by atoms with Crippen LogP contribution in [0.3, 0.4) is 0 Å². The number of halogens is 1. The molecular weight excluding hydrogens is 490 g/mol. The summed E-state index contributed by atoms with van der Waals surface area (Å²) in [6.45, 7) is 6.72. The smallest absolute Gasteiger partial charge is 0.266 e. The van der Waals surface area contributed by atoms with Crippen molar-refractivity contribution in [3.8, 4) is 17.2 Å². The molecule has 0 N–H and O–H groups in total. The Labute approximate surface area is 216 Å². The van der Waals surface area contributed by atoms with Crippen LogP contribution in [-0.2, 0) is 9.53 Å². The molecule has 10 heteroatoms. The van der Waals surface area contributed by atoms with Gasteiger partial charge in [-0.15, -0.1) is 12.4 Å². The summed E-state index contributed by atoms with van der Waals surface area (Å²) < 4.78 is 23.1. The zero-order valence-corrected chi connectivity index (χ0v) is 22.0. The van der Waals surface area contributed by atoms with Crippen LogP contribution in [0.4, 0.5) is 5.13 Å². The minimum atomic E-state index is -0.139. The Kier molecular flexibility index (Phi) is 9.97. The van der Waals surface area contributed by atoms with E-state index < -0.39 is 0 Å². The Morgan fingerprint density at radius 3 is 2.46 bits per heavy atom. The van der Waals surface area contributed by atoms with Crippen LogP contribution in [0, 0.1) is 6.92 Å². The van der Waals surface area contributed by atoms with Crippen molar-refractivity contribution in [3.05, 3.63) is 42.0 Å². The average molecular weight is 522 g/mol. The third kappa shape index (κ3) is 6.76. The van der Waals surface area contributed by atoms with Crippen molar-refractivity contribution in [2.24, 2.45) is 0 Å². The summed E-state index contributed by atoms with van der Waals surface area (Å²) in [6.07, 6.45) is 0.820. The van der Waals surface area contributed by atoms with Crippen LogP contribution in [0.1, 0.15) is 12.0 Å². The van der Waals surface area contributed by atoms with Crippen molar-refractivity contribution in [2.75, 3.05) is 65.1 Å². The van der Waals surface area contributed by atoms with E-state index in [0.717, 1.165) is 49.5 Å². The van der Waals surface area contributed by atoms with Gasteiger partial charge in [-0.2, -0.15) is 0 Å². The Hall–Kier alpha value is -2.59. The first kappa shape index (κ1) is 27.0. The monoisotopic (exact) mass is 521 g/mol. The topological polar surface area (TPSA) is 73.4 Å². The number of ether oxygens (including phenoxy) is 4. The molecule has 35 heavy (non-hydrogen) atoms. The number of hydrogen-bond acceptors (Lipinski definition) is 8. The van der Waals surface area contributed by atoms with Gasteiger partial charge in [0.25, 0.3) is 5.91 Å². The molecule has 1 saturated heterocycles. The molecule has 190 valence electrons. The van der Waals surface area contributed by atoms with E-state index in [4.69, 9.17) is 23.9 Å². The Morgan fingerprint density at radius 2 is 1.77 bits per heavy atom. The number of carbonyl (C=O) groups excluding carboxylic acids is 1. The molecule has 2 heterocycles. The normalized spacial score (nSPS) is 13.8. The predicted octanol–water partition coefficient (Wildman–Crippen LogP) is 4.18. The summed E-state index contributed by atoms with van der Waals surface area (Å²) in [4.78, 5) is 22.2. The molecule has 1 aromatic heterocycles. The van der Waals surface area contributed by atoms with Gasteiger partial charge in [-0.1, -0.05) is 29.0 Å². The molecule has 4 rings (SSSR count). The molecule has 0 bridgehead atoms. The van der Waals surface area contributed by atoms with E-state index >= 15 is 0 Å². The number of methoxy groups -OCH3 is 2. The summed E-state index contributed by atoms with van der Waals surface area (Å²) in [5.41, 5.74) is 1.83. The lowest BCUT2D eigenvalue weighted by molar-refractivity contribution is -0.120. The molecule has 0 radical (unpaired) electrons. The highest BCUT2D eigenvalue weighted by Crippen LogP contribution is 2.40. The maximum absolute atomic E-state index is 13.3. The second-order valence-corrected chi connectivity index (χ2v) is 9.08. The average Bonchev–Trinajstić information content (AvgIpc) is 3.31. The predicted molar refractivity (Wildman–Crippen MR) is 141 cm³/mol. The van der Waals surface area contributed by atoms with E-state index in [2.05, 4.69) is 4.90 Å².